The maximum Gasteiger partial charge on any atom is 0.322 e. The molecule has 5 heteroatoms. The molecule has 1 saturated carbocycles. The highest BCUT2D eigenvalue weighted by Crippen LogP contribution is 2.21. The van der Waals surface area contributed by atoms with E-state index in [1.165, 1.54) is 7.11 Å². The molecule has 0 aromatic carbocycles. The van der Waals surface area contributed by atoms with Gasteiger partial charge in [-0.05, 0) is 31.9 Å². The summed E-state index contributed by atoms with van der Waals surface area (Å²) in [6.45, 7) is 3.79. The molecule has 3 atom stereocenters. The van der Waals surface area contributed by atoms with E-state index in [4.69, 9.17) is 4.74 Å². The maximum atomic E-state index is 11.5. The standard InChI is InChI=1S/C12H23NO3S/c1-8(14)9(2)17-7-6-11(12(15)16-3)13-10-4-5-10/h8-11,13-14H,4-7H2,1-3H3. The lowest BCUT2D eigenvalue weighted by molar-refractivity contribution is -0.143. The predicted molar refractivity (Wildman–Crippen MR) is 70.2 cm³/mol. The van der Waals surface area contributed by atoms with Crippen molar-refractivity contribution in [3.05, 3.63) is 0 Å². The molecule has 1 fully saturated rings. The molecule has 3 unspecified atom stereocenters. The van der Waals surface area contributed by atoms with Crippen LogP contribution < -0.4 is 5.32 Å². The fraction of sp³-hybridized carbons (Fsp3) is 0.917. The summed E-state index contributed by atoms with van der Waals surface area (Å²) >= 11 is 1.69. The molecule has 0 bridgehead atoms. The number of carbonyl (C=O) groups excluding carboxylic acids is 1. The third-order valence-corrected chi connectivity index (χ3v) is 4.36. The molecule has 1 rings (SSSR count). The van der Waals surface area contributed by atoms with Gasteiger partial charge in [-0.3, -0.25) is 4.79 Å². The van der Waals surface area contributed by atoms with E-state index < -0.39 is 0 Å². The Bertz CT molecular complexity index is 244. The van der Waals surface area contributed by atoms with E-state index in [9.17, 15) is 9.90 Å². The molecule has 0 aromatic rings. The first-order valence-electron chi connectivity index (χ1n) is 6.18. The summed E-state index contributed by atoms with van der Waals surface area (Å²) in [4.78, 5) is 11.5. The number of methoxy groups -OCH3 is 1. The molecule has 4 nitrogen and oxygen atoms in total. The van der Waals surface area contributed by atoms with Crippen molar-refractivity contribution in [3.63, 3.8) is 0 Å². The second-order valence-electron chi connectivity index (χ2n) is 4.62. The molecule has 17 heavy (non-hydrogen) atoms. The van der Waals surface area contributed by atoms with Crippen LogP contribution in [0.15, 0.2) is 0 Å². The van der Waals surface area contributed by atoms with Gasteiger partial charge in [-0.1, -0.05) is 6.92 Å². The molecule has 0 spiro atoms. The minimum absolute atomic E-state index is 0.179. The first-order chi connectivity index (χ1) is 8.04. The smallest absolute Gasteiger partial charge is 0.322 e. The fourth-order valence-electron chi connectivity index (χ4n) is 1.46. The summed E-state index contributed by atoms with van der Waals surface area (Å²) in [6.07, 6.45) is 2.76. The van der Waals surface area contributed by atoms with Gasteiger partial charge in [0.15, 0.2) is 0 Å². The van der Waals surface area contributed by atoms with Gasteiger partial charge in [0, 0.05) is 11.3 Å². The number of hydrogen-bond acceptors (Lipinski definition) is 5. The summed E-state index contributed by atoms with van der Waals surface area (Å²) < 4.78 is 4.79. The predicted octanol–water partition coefficient (Wildman–Crippen LogP) is 1.17. The zero-order chi connectivity index (χ0) is 12.8. The third kappa shape index (κ3) is 5.75. The number of nitrogens with one attached hydrogen (secondary N) is 1. The van der Waals surface area contributed by atoms with Crippen LogP contribution in [-0.4, -0.2) is 47.4 Å². The Morgan fingerprint density at radius 2 is 2.18 bits per heavy atom. The Morgan fingerprint density at radius 1 is 1.53 bits per heavy atom. The van der Waals surface area contributed by atoms with Crippen LogP contribution in [0.25, 0.3) is 0 Å². The molecule has 0 saturated heterocycles. The first kappa shape index (κ1) is 14.8. The highest BCUT2D eigenvalue weighted by Gasteiger charge is 2.28. The summed E-state index contributed by atoms with van der Waals surface area (Å²) in [5, 5.41) is 12.9. The van der Waals surface area contributed by atoms with E-state index >= 15 is 0 Å². The Balaban J connectivity index is 2.25. The largest absolute Gasteiger partial charge is 0.468 e. The highest BCUT2D eigenvalue weighted by atomic mass is 32.2. The first-order valence-corrected chi connectivity index (χ1v) is 7.23. The van der Waals surface area contributed by atoms with Gasteiger partial charge in [0.1, 0.15) is 6.04 Å². The molecule has 0 radical (unpaired) electrons. The zero-order valence-corrected chi connectivity index (χ0v) is 11.6. The molecule has 100 valence electrons. The van der Waals surface area contributed by atoms with Gasteiger partial charge in [0.2, 0.25) is 0 Å². The second-order valence-corrected chi connectivity index (χ2v) is 6.11. The minimum Gasteiger partial charge on any atom is -0.468 e. The molecule has 0 amide bonds. The SMILES string of the molecule is COC(=O)C(CCSC(C)C(C)O)NC1CC1. The Morgan fingerprint density at radius 3 is 2.65 bits per heavy atom. The van der Waals surface area contributed by atoms with Crippen molar-refractivity contribution in [2.75, 3.05) is 12.9 Å². The molecule has 0 aromatic heterocycles. The average Bonchev–Trinajstić information content (AvgIpc) is 3.10. The van der Waals surface area contributed by atoms with Crippen LogP contribution in [0.1, 0.15) is 33.1 Å². The Labute approximate surface area is 107 Å². The fourth-order valence-corrected chi connectivity index (χ4v) is 2.48. The van der Waals surface area contributed by atoms with Gasteiger partial charge in [0.05, 0.1) is 13.2 Å². The van der Waals surface area contributed by atoms with Crippen molar-refractivity contribution in [2.45, 2.75) is 56.5 Å². The van der Waals surface area contributed by atoms with Crippen molar-refractivity contribution >= 4 is 17.7 Å². The summed E-state index contributed by atoms with van der Waals surface area (Å²) in [7, 11) is 1.43. The van der Waals surface area contributed by atoms with Crippen molar-refractivity contribution in [2.24, 2.45) is 0 Å². The average molecular weight is 261 g/mol. The van der Waals surface area contributed by atoms with Crippen LogP contribution >= 0.6 is 11.8 Å². The topological polar surface area (TPSA) is 58.6 Å². The number of esters is 1. The van der Waals surface area contributed by atoms with Crippen LogP contribution in [-0.2, 0) is 9.53 Å². The summed E-state index contributed by atoms with van der Waals surface area (Å²) in [5.41, 5.74) is 0. The van der Waals surface area contributed by atoms with Crippen LogP contribution in [0.4, 0.5) is 0 Å². The van der Waals surface area contributed by atoms with Crippen LogP contribution in [0.2, 0.25) is 0 Å². The lowest BCUT2D eigenvalue weighted by atomic mass is 10.2. The van der Waals surface area contributed by atoms with Crippen molar-refractivity contribution in [3.8, 4) is 0 Å². The van der Waals surface area contributed by atoms with Crippen molar-refractivity contribution in [1.82, 2.24) is 5.32 Å². The molecular formula is C12H23NO3S. The highest BCUT2D eigenvalue weighted by molar-refractivity contribution is 7.99. The van der Waals surface area contributed by atoms with E-state index in [-0.39, 0.29) is 23.4 Å². The monoisotopic (exact) mass is 261 g/mol. The Kier molecular flexibility index (Phi) is 6.30. The third-order valence-electron chi connectivity index (χ3n) is 2.97. The molecule has 0 heterocycles. The lowest BCUT2D eigenvalue weighted by Gasteiger charge is -2.18. The van der Waals surface area contributed by atoms with E-state index in [2.05, 4.69) is 5.32 Å². The van der Waals surface area contributed by atoms with E-state index in [0.717, 1.165) is 25.0 Å². The molecule has 0 aliphatic heterocycles. The summed E-state index contributed by atoms with van der Waals surface area (Å²) in [5.74, 6) is 0.674. The normalized spacial score (nSPS) is 20.7. The van der Waals surface area contributed by atoms with E-state index in [1.54, 1.807) is 18.7 Å². The van der Waals surface area contributed by atoms with Gasteiger partial charge in [-0.15, -0.1) is 0 Å². The maximum absolute atomic E-state index is 11.5. The molecule has 2 N–H and O–H groups in total. The molecule has 1 aliphatic carbocycles. The van der Waals surface area contributed by atoms with Crippen LogP contribution in [0, 0.1) is 0 Å². The number of rotatable bonds is 8. The number of hydrogen-bond donors (Lipinski definition) is 2. The molecule has 1 aliphatic rings. The number of ether oxygens (including phenoxy) is 1. The van der Waals surface area contributed by atoms with Crippen molar-refractivity contribution < 1.29 is 14.6 Å². The van der Waals surface area contributed by atoms with Gasteiger partial charge in [-0.2, -0.15) is 11.8 Å². The minimum atomic E-state index is -0.312. The second kappa shape index (κ2) is 7.24. The molecular weight excluding hydrogens is 238 g/mol. The zero-order valence-electron chi connectivity index (χ0n) is 10.8. The number of aliphatic hydroxyl groups is 1. The van der Waals surface area contributed by atoms with E-state index in [1.807, 2.05) is 6.92 Å². The number of thioether (sulfide) groups is 1. The van der Waals surface area contributed by atoms with Crippen LogP contribution in [0.3, 0.4) is 0 Å². The van der Waals surface area contributed by atoms with E-state index in [0.29, 0.717) is 6.04 Å². The lowest BCUT2D eigenvalue weighted by Crippen LogP contribution is -2.39. The van der Waals surface area contributed by atoms with Gasteiger partial charge in [-0.25, -0.2) is 0 Å². The van der Waals surface area contributed by atoms with Gasteiger partial charge < -0.3 is 15.2 Å². The summed E-state index contributed by atoms with van der Waals surface area (Å²) in [6, 6.07) is 0.305. The van der Waals surface area contributed by atoms with Gasteiger partial charge >= 0.3 is 5.97 Å². The van der Waals surface area contributed by atoms with Gasteiger partial charge in [0.25, 0.3) is 0 Å². The quantitative estimate of drug-likeness (QED) is 0.642. The number of carbonyl (C=O) groups is 1. The Hall–Kier alpha value is -0.260. The van der Waals surface area contributed by atoms with Crippen molar-refractivity contribution in [1.29, 1.82) is 0 Å². The van der Waals surface area contributed by atoms with Crippen LogP contribution in [0.5, 0.6) is 0 Å². The number of aliphatic hydroxyl groups excluding tert-OH is 1.